The van der Waals surface area contributed by atoms with Crippen LogP contribution in [-0.2, 0) is 0 Å². The fourth-order valence-electron chi connectivity index (χ4n) is 1.20. The summed E-state index contributed by atoms with van der Waals surface area (Å²) in [6, 6.07) is 6.91. The highest BCUT2D eigenvalue weighted by molar-refractivity contribution is 5.97. The van der Waals surface area contributed by atoms with Gasteiger partial charge in [0.25, 0.3) is 0 Å². The minimum Gasteiger partial charge on any atom is -0.496 e. The third-order valence-corrected chi connectivity index (χ3v) is 1.99. The predicted octanol–water partition coefficient (Wildman–Crippen LogP) is 1.75. The molecule has 0 saturated carbocycles. The van der Waals surface area contributed by atoms with E-state index >= 15 is 0 Å². The summed E-state index contributed by atoms with van der Waals surface area (Å²) in [5.41, 5.74) is 8.61. The number of hydrogen-bond donors (Lipinski definition) is 2. The number of carbonyl (C=O) groups is 1. The van der Waals surface area contributed by atoms with Gasteiger partial charge in [-0.3, -0.25) is 0 Å². The Labute approximate surface area is 100.0 Å². The highest BCUT2D eigenvalue weighted by Crippen LogP contribution is 2.18. The number of ether oxygens (including phenoxy) is 1. The standard InChI is InChI=1S/C12H15N3O2/c1-9(14-15-12(13)16)7-8-10-5-3-4-6-11(10)17-2/h3-8H,1-2H3,(H3,13,15,16)/b8-7+,14-9+. The zero-order valence-corrected chi connectivity index (χ0v) is 9.81. The molecule has 5 nitrogen and oxygen atoms in total. The Morgan fingerprint density at radius 1 is 1.47 bits per heavy atom. The van der Waals surface area contributed by atoms with Gasteiger partial charge in [-0.05, 0) is 25.1 Å². The number of rotatable bonds is 4. The van der Waals surface area contributed by atoms with Crippen LogP contribution in [0, 0.1) is 0 Å². The Kier molecular flexibility index (Phi) is 4.75. The molecule has 0 fully saturated rings. The summed E-state index contributed by atoms with van der Waals surface area (Å²) in [7, 11) is 1.61. The van der Waals surface area contributed by atoms with Crippen molar-refractivity contribution in [3.05, 3.63) is 35.9 Å². The average molecular weight is 233 g/mol. The van der Waals surface area contributed by atoms with Gasteiger partial charge in [0.05, 0.1) is 12.8 Å². The van der Waals surface area contributed by atoms with Crippen molar-refractivity contribution in [3.8, 4) is 5.75 Å². The number of allylic oxidation sites excluding steroid dienone is 1. The summed E-state index contributed by atoms with van der Waals surface area (Å²) in [4.78, 5) is 10.4. The monoisotopic (exact) mass is 233 g/mol. The van der Waals surface area contributed by atoms with Crippen LogP contribution in [0.25, 0.3) is 6.08 Å². The van der Waals surface area contributed by atoms with Gasteiger partial charge in [-0.1, -0.05) is 18.2 Å². The van der Waals surface area contributed by atoms with E-state index < -0.39 is 6.03 Å². The number of benzene rings is 1. The largest absolute Gasteiger partial charge is 0.496 e. The highest BCUT2D eigenvalue weighted by Gasteiger charge is 1.96. The van der Waals surface area contributed by atoms with E-state index in [0.29, 0.717) is 5.71 Å². The van der Waals surface area contributed by atoms with Gasteiger partial charge in [0.2, 0.25) is 0 Å². The lowest BCUT2D eigenvalue weighted by atomic mass is 10.2. The number of methoxy groups -OCH3 is 1. The molecule has 0 aliphatic heterocycles. The molecule has 0 aliphatic rings. The molecule has 1 aromatic carbocycles. The second-order valence-electron chi connectivity index (χ2n) is 3.30. The van der Waals surface area contributed by atoms with Gasteiger partial charge < -0.3 is 10.5 Å². The number of hydrazone groups is 1. The van der Waals surface area contributed by atoms with Crippen molar-refractivity contribution in [2.24, 2.45) is 10.8 Å². The van der Waals surface area contributed by atoms with Crippen LogP contribution in [0.2, 0.25) is 0 Å². The van der Waals surface area contributed by atoms with E-state index in [-0.39, 0.29) is 0 Å². The topological polar surface area (TPSA) is 76.7 Å². The van der Waals surface area contributed by atoms with E-state index in [1.165, 1.54) is 0 Å². The maximum atomic E-state index is 10.4. The summed E-state index contributed by atoms with van der Waals surface area (Å²) in [5, 5.41) is 3.76. The molecule has 90 valence electrons. The van der Waals surface area contributed by atoms with E-state index in [1.54, 1.807) is 20.1 Å². The number of primary amides is 1. The summed E-state index contributed by atoms with van der Waals surface area (Å²) in [5.74, 6) is 0.777. The van der Waals surface area contributed by atoms with Crippen LogP contribution in [0.4, 0.5) is 4.79 Å². The van der Waals surface area contributed by atoms with Gasteiger partial charge in [0, 0.05) is 5.56 Å². The Morgan fingerprint density at radius 3 is 2.82 bits per heavy atom. The molecule has 1 aromatic rings. The number of carbonyl (C=O) groups excluding carboxylic acids is 1. The Balaban J connectivity index is 2.76. The first-order valence-electron chi connectivity index (χ1n) is 5.04. The Morgan fingerprint density at radius 2 is 2.18 bits per heavy atom. The molecule has 0 bridgehead atoms. The lowest BCUT2D eigenvalue weighted by Crippen LogP contribution is -2.25. The van der Waals surface area contributed by atoms with Crippen molar-refractivity contribution in [2.75, 3.05) is 7.11 Å². The van der Waals surface area contributed by atoms with Crippen LogP contribution in [0.15, 0.2) is 35.4 Å². The lowest BCUT2D eigenvalue weighted by Gasteiger charge is -2.03. The van der Waals surface area contributed by atoms with E-state index in [0.717, 1.165) is 11.3 Å². The zero-order valence-electron chi connectivity index (χ0n) is 9.81. The summed E-state index contributed by atoms with van der Waals surface area (Å²) < 4.78 is 5.19. The van der Waals surface area contributed by atoms with Gasteiger partial charge in [-0.15, -0.1) is 0 Å². The quantitative estimate of drug-likeness (QED) is 0.614. The molecule has 0 spiro atoms. The first-order valence-corrected chi connectivity index (χ1v) is 5.04. The number of hydrogen-bond acceptors (Lipinski definition) is 3. The number of nitrogens with two attached hydrogens (primary N) is 1. The molecule has 0 saturated heterocycles. The number of nitrogens with one attached hydrogen (secondary N) is 1. The second kappa shape index (κ2) is 6.32. The fraction of sp³-hybridized carbons (Fsp3) is 0.167. The van der Waals surface area contributed by atoms with Crippen LogP contribution >= 0.6 is 0 Å². The predicted molar refractivity (Wildman–Crippen MR) is 67.9 cm³/mol. The molecule has 17 heavy (non-hydrogen) atoms. The third kappa shape index (κ3) is 4.38. The molecule has 0 heterocycles. The van der Waals surface area contributed by atoms with Crippen LogP contribution in [-0.4, -0.2) is 18.9 Å². The SMILES string of the molecule is COc1ccccc1/C=C/C(C)=N/NC(N)=O. The van der Waals surface area contributed by atoms with Crippen LogP contribution < -0.4 is 15.9 Å². The zero-order chi connectivity index (χ0) is 12.7. The van der Waals surface area contributed by atoms with E-state index in [4.69, 9.17) is 10.5 Å². The molecule has 0 radical (unpaired) electrons. The van der Waals surface area contributed by atoms with Crippen LogP contribution in [0.1, 0.15) is 12.5 Å². The lowest BCUT2D eigenvalue weighted by molar-refractivity contribution is 0.249. The molecule has 3 N–H and O–H groups in total. The number of nitrogens with zero attached hydrogens (tertiary/aromatic N) is 1. The average Bonchev–Trinajstić information content (AvgIpc) is 2.34. The van der Waals surface area contributed by atoms with Gasteiger partial charge in [-0.2, -0.15) is 5.10 Å². The van der Waals surface area contributed by atoms with Gasteiger partial charge in [0.15, 0.2) is 0 Å². The Hall–Kier alpha value is -2.30. The molecule has 1 rings (SSSR count). The molecule has 5 heteroatoms. The second-order valence-corrected chi connectivity index (χ2v) is 3.30. The smallest absolute Gasteiger partial charge is 0.332 e. The van der Waals surface area contributed by atoms with Gasteiger partial charge in [0.1, 0.15) is 5.75 Å². The maximum absolute atomic E-state index is 10.4. The van der Waals surface area contributed by atoms with E-state index in [1.807, 2.05) is 30.3 Å². The first kappa shape index (κ1) is 12.8. The number of urea groups is 1. The maximum Gasteiger partial charge on any atom is 0.332 e. The van der Waals surface area contributed by atoms with Crippen molar-refractivity contribution in [3.63, 3.8) is 0 Å². The summed E-state index contributed by atoms with van der Waals surface area (Å²) in [6.45, 7) is 1.75. The van der Waals surface area contributed by atoms with Crippen molar-refractivity contribution in [1.82, 2.24) is 5.43 Å². The molecule has 0 unspecified atom stereocenters. The van der Waals surface area contributed by atoms with Crippen LogP contribution in [0.5, 0.6) is 5.75 Å². The molecule has 0 atom stereocenters. The molecule has 0 aliphatic carbocycles. The van der Waals surface area contributed by atoms with Crippen molar-refractivity contribution in [1.29, 1.82) is 0 Å². The molecular formula is C12H15N3O2. The Bertz CT molecular complexity index is 453. The van der Waals surface area contributed by atoms with E-state index in [9.17, 15) is 4.79 Å². The normalized spacial score (nSPS) is 11.5. The molecule has 2 amide bonds. The molecular weight excluding hydrogens is 218 g/mol. The third-order valence-electron chi connectivity index (χ3n) is 1.99. The van der Waals surface area contributed by atoms with Crippen molar-refractivity contribution >= 4 is 17.8 Å². The van der Waals surface area contributed by atoms with Crippen molar-refractivity contribution < 1.29 is 9.53 Å². The summed E-state index contributed by atoms with van der Waals surface area (Å²) >= 11 is 0. The van der Waals surface area contributed by atoms with Gasteiger partial charge in [-0.25, -0.2) is 10.2 Å². The van der Waals surface area contributed by atoms with Crippen molar-refractivity contribution in [2.45, 2.75) is 6.92 Å². The van der Waals surface area contributed by atoms with Gasteiger partial charge >= 0.3 is 6.03 Å². The number of para-hydroxylation sites is 1. The summed E-state index contributed by atoms with van der Waals surface area (Å²) in [6.07, 6.45) is 3.61. The minimum absolute atomic E-state index is 0.634. The number of amides is 2. The first-order chi connectivity index (χ1) is 8.13. The van der Waals surface area contributed by atoms with Crippen LogP contribution in [0.3, 0.4) is 0 Å². The minimum atomic E-state index is -0.685. The fourth-order valence-corrected chi connectivity index (χ4v) is 1.20. The van der Waals surface area contributed by atoms with E-state index in [2.05, 4.69) is 10.5 Å². The highest BCUT2D eigenvalue weighted by atomic mass is 16.5. The molecule has 0 aromatic heterocycles.